The van der Waals surface area contributed by atoms with Gasteiger partial charge in [0.25, 0.3) is 0 Å². The first-order valence-electron chi connectivity index (χ1n) is 12.2. The average molecular weight is 487 g/mol. The summed E-state index contributed by atoms with van der Waals surface area (Å²) in [6.45, 7) is 22.8. The van der Waals surface area contributed by atoms with Gasteiger partial charge in [0.15, 0.2) is 0 Å². The number of hydrogen-bond acceptors (Lipinski definition) is 5. The Bertz CT molecular complexity index is 783. The van der Waals surface area contributed by atoms with Crippen LogP contribution in [0, 0.1) is 0 Å². The van der Waals surface area contributed by atoms with Crippen LogP contribution in [0.25, 0.3) is 0 Å². The number of benzene rings is 1. The van der Waals surface area contributed by atoms with Crippen LogP contribution < -0.4 is 0 Å². The third kappa shape index (κ3) is 6.37. The van der Waals surface area contributed by atoms with E-state index in [1.165, 1.54) is 22.3 Å². The van der Waals surface area contributed by atoms with Crippen LogP contribution in [-0.4, -0.2) is 42.5 Å². The zero-order valence-corrected chi connectivity index (χ0v) is 23.8. The number of hydrogen-bond donors (Lipinski definition) is 5. The van der Waals surface area contributed by atoms with E-state index in [4.69, 9.17) is 0 Å². The maximum atomic E-state index is 11.1. The van der Waals surface area contributed by atoms with Crippen molar-refractivity contribution in [2.24, 2.45) is 0 Å². The van der Waals surface area contributed by atoms with Gasteiger partial charge >= 0.3 is 202 Å². The van der Waals surface area contributed by atoms with Gasteiger partial charge < -0.3 is 0 Å². The Morgan fingerprint density at radius 1 is 0.788 bits per heavy atom. The molecule has 0 fully saturated rings. The van der Waals surface area contributed by atoms with Crippen molar-refractivity contribution in [3.8, 4) is 0 Å². The molecule has 2 unspecified atom stereocenters. The van der Waals surface area contributed by atoms with Crippen molar-refractivity contribution in [1.82, 2.24) is 0 Å². The van der Waals surface area contributed by atoms with Crippen molar-refractivity contribution >= 4 is 7.28 Å². The van der Waals surface area contributed by atoms with Gasteiger partial charge in [0.1, 0.15) is 0 Å². The number of aliphatic hydroxyl groups excluding tert-OH is 2. The van der Waals surface area contributed by atoms with Crippen molar-refractivity contribution in [3.05, 3.63) is 34.4 Å². The summed E-state index contributed by atoms with van der Waals surface area (Å²) in [4.78, 5) is 33.2. The van der Waals surface area contributed by atoms with E-state index in [1.807, 2.05) is 0 Å². The van der Waals surface area contributed by atoms with E-state index in [-0.39, 0.29) is 29.1 Å². The molecule has 6 heteroatoms. The zero-order valence-electron chi connectivity index (χ0n) is 23.0. The second kappa shape index (κ2) is 9.48. The summed E-state index contributed by atoms with van der Waals surface area (Å²) < 4.78 is 0. The molecule has 0 radical (unpaired) electrons. The van der Waals surface area contributed by atoms with E-state index in [1.54, 1.807) is 13.8 Å². The van der Waals surface area contributed by atoms with Crippen molar-refractivity contribution in [2.45, 2.75) is 129 Å². The predicted molar refractivity (Wildman–Crippen MR) is 141 cm³/mol. The molecule has 1 rings (SSSR count). The van der Waals surface area contributed by atoms with Crippen LogP contribution in [0.5, 0.6) is 0 Å². The van der Waals surface area contributed by atoms with Gasteiger partial charge in [0.2, 0.25) is 0 Å². The second-order valence-corrected chi connectivity index (χ2v) is 17.0. The Balaban J connectivity index is 3.72. The maximum absolute atomic E-state index is 11.1. The molecule has 5 N–H and O–H groups in total. The molecule has 0 amide bonds. The first kappa shape index (κ1) is 30.5. The molecular weight excluding hydrogens is 435 g/mol. The molecular formula is C27H51O5P. The molecule has 0 aliphatic rings. The van der Waals surface area contributed by atoms with E-state index in [2.05, 4.69) is 74.4 Å². The van der Waals surface area contributed by atoms with E-state index in [0.717, 1.165) is 0 Å². The van der Waals surface area contributed by atoms with Gasteiger partial charge in [-0.15, -0.1) is 0 Å². The standard InChI is InChI=1S/C27H51O5P/c1-12-27(11,33(30,31,32)23(29)14-16-28)15-13-20-21(25(5,6)7)17-19(24(2,3)4)18-22(20)26(8,9)10/h17-18,23,28-32H,12-16H2,1-11H3. The summed E-state index contributed by atoms with van der Waals surface area (Å²) in [5.41, 5.74) is 4.62. The number of rotatable bonds is 8. The van der Waals surface area contributed by atoms with Gasteiger partial charge in [-0.25, -0.2) is 0 Å². The SMILES string of the molecule is CCC(C)(CCc1c(C(C)(C)C)cc(C(C)(C)C)cc1C(C)(C)C)P(O)(O)(O)C(O)CCO. The summed E-state index contributed by atoms with van der Waals surface area (Å²) in [6.07, 6.45) is 0.845. The number of aliphatic hydroxyl groups is 2. The summed E-state index contributed by atoms with van der Waals surface area (Å²) in [7, 11) is -5.50. The topological polar surface area (TPSA) is 101 Å². The molecule has 0 heterocycles. The second-order valence-electron chi connectivity index (χ2n) is 13.2. The molecule has 0 aliphatic carbocycles. The zero-order chi connectivity index (χ0) is 26.3. The van der Waals surface area contributed by atoms with Crippen molar-refractivity contribution < 1.29 is 24.9 Å². The first-order valence-corrected chi connectivity index (χ1v) is 14.4. The fraction of sp³-hybridized carbons (Fsp3) is 0.778. The third-order valence-corrected chi connectivity index (χ3v) is 11.3. The van der Waals surface area contributed by atoms with Crippen molar-refractivity contribution in [1.29, 1.82) is 0 Å². The van der Waals surface area contributed by atoms with Gasteiger partial charge in [-0.05, 0) is 0 Å². The van der Waals surface area contributed by atoms with Gasteiger partial charge in [-0.3, -0.25) is 0 Å². The Kier molecular flexibility index (Phi) is 8.76. The molecule has 1 aromatic rings. The minimum absolute atomic E-state index is 0.0160. The summed E-state index contributed by atoms with van der Waals surface area (Å²) >= 11 is 0. The third-order valence-electron chi connectivity index (χ3n) is 7.38. The molecule has 0 saturated carbocycles. The van der Waals surface area contributed by atoms with Crippen LogP contribution in [-0.2, 0) is 22.7 Å². The van der Waals surface area contributed by atoms with Gasteiger partial charge in [-0.2, -0.15) is 0 Å². The summed E-state index contributed by atoms with van der Waals surface area (Å²) in [5, 5.41) is 18.4. The molecule has 2 atom stereocenters. The monoisotopic (exact) mass is 486 g/mol. The molecule has 0 aromatic heterocycles. The summed E-state index contributed by atoms with van der Waals surface area (Å²) in [6, 6.07) is 4.57. The van der Waals surface area contributed by atoms with Crippen LogP contribution >= 0.6 is 7.28 Å². The van der Waals surface area contributed by atoms with Crippen LogP contribution in [0.3, 0.4) is 0 Å². The van der Waals surface area contributed by atoms with Crippen molar-refractivity contribution in [3.63, 3.8) is 0 Å². The minimum atomic E-state index is -5.50. The Hall–Kier alpha value is -0.550. The van der Waals surface area contributed by atoms with Gasteiger partial charge in [0, 0.05) is 0 Å². The van der Waals surface area contributed by atoms with Crippen LogP contribution in [0.4, 0.5) is 0 Å². The molecule has 0 aliphatic heterocycles. The van der Waals surface area contributed by atoms with E-state index in [9.17, 15) is 24.9 Å². The normalized spacial score (nSPS) is 17.9. The van der Waals surface area contributed by atoms with E-state index >= 15 is 0 Å². The molecule has 1 aromatic carbocycles. The van der Waals surface area contributed by atoms with E-state index in [0.29, 0.717) is 12.8 Å². The Labute approximate surface area is 202 Å². The van der Waals surface area contributed by atoms with Gasteiger partial charge in [0.05, 0.1) is 0 Å². The predicted octanol–water partition coefficient (Wildman–Crippen LogP) is 5.66. The summed E-state index contributed by atoms with van der Waals surface area (Å²) in [5.74, 6) is -1.77. The Morgan fingerprint density at radius 3 is 1.52 bits per heavy atom. The van der Waals surface area contributed by atoms with Crippen LogP contribution in [0.15, 0.2) is 12.1 Å². The van der Waals surface area contributed by atoms with Gasteiger partial charge in [-0.1, -0.05) is 0 Å². The average Bonchev–Trinajstić information content (AvgIpc) is 2.62. The van der Waals surface area contributed by atoms with E-state index < -0.39 is 24.9 Å². The fourth-order valence-corrected chi connectivity index (χ4v) is 6.97. The molecule has 194 valence electrons. The first-order chi connectivity index (χ1) is 14.5. The molecule has 0 spiro atoms. The Morgan fingerprint density at radius 2 is 1.21 bits per heavy atom. The molecule has 5 nitrogen and oxygen atoms in total. The van der Waals surface area contributed by atoms with Crippen LogP contribution in [0.1, 0.15) is 118 Å². The fourth-order valence-electron chi connectivity index (χ4n) is 4.51. The molecule has 0 bridgehead atoms. The molecule has 33 heavy (non-hydrogen) atoms. The quantitative estimate of drug-likeness (QED) is 0.305. The van der Waals surface area contributed by atoms with Crippen LogP contribution in [0.2, 0.25) is 0 Å². The van der Waals surface area contributed by atoms with Crippen molar-refractivity contribution in [2.75, 3.05) is 6.61 Å². The molecule has 0 saturated heterocycles.